The summed E-state index contributed by atoms with van der Waals surface area (Å²) >= 11 is 0. The number of imidazole rings is 1. The van der Waals surface area contributed by atoms with Crippen molar-refractivity contribution in [1.82, 2.24) is 9.66 Å². The maximum atomic E-state index is 4.97. The van der Waals surface area contributed by atoms with Gasteiger partial charge in [0.25, 0.3) is 0 Å². The fourth-order valence-corrected chi connectivity index (χ4v) is 0.335. The van der Waals surface area contributed by atoms with Crippen LogP contribution in [0.4, 0.5) is 0 Å². The molecule has 0 saturated heterocycles. The highest BCUT2D eigenvalue weighted by Gasteiger charge is 1.75. The Bertz CT molecular complexity index is 121. The Labute approximate surface area is 40.9 Å². The second-order valence-electron chi connectivity index (χ2n) is 1.10. The summed E-state index contributed by atoms with van der Waals surface area (Å²) in [5.74, 6) is 4.97. The quantitative estimate of drug-likeness (QED) is 0.360. The van der Waals surface area contributed by atoms with Gasteiger partial charge in [-0.3, -0.25) is 5.53 Å². The van der Waals surface area contributed by atoms with Crippen LogP contribution in [0.2, 0.25) is 0 Å². The number of aromatic nitrogens is 2. The van der Waals surface area contributed by atoms with Gasteiger partial charge in [0.2, 0.25) is 0 Å². The van der Waals surface area contributed by atoms with Crippen molar-refractivity contribution in [2.24, 2.45) is 5.84 Å². The largest absolute Gasteiger partial charge is 0.261 e. The minimum Gasteiger partial charge on any atom is -0.261 e. The molecule has 0 bridgehead atoms. The highest BCUT2D eigenvalue weighted by molar-refractivity contribution is 4.75. The summed E-state index contributed by atoms with van der Waals surface area (Å²) in [4.78, 5) is 3.71. The fourth-order valence-electron chi connectivity index (χ4n) is 0.335. The van der Waals surface area contributed by atoms with Gasteiger partial charge in [0.05, 0.1) is 0 Å². The predicted octanol–water partition coefficient (Wildman–Crippen LogP) is -0.700. The van der Waals surface area contributed by atoms with Crippen molar-refractivity contribution >= 4 is 0 Å². The minimum atomic E-state index is 1.54. The Hall–Kier alpha value is -1.03. The average Bonchev–Trinajstić information content (AvgIpc) is 2.14. The van der Waals surface area contributed by atoms with Crippen molar-refractivity contribution in [3.8, 4) is 0 Å². The predicted molar refractivity (Wildman–Crippen MR) is 25.8 cm³/mol. The van der Waals surface area contributed by atoms with Gasteiger partial charge in [-0.2, -0.15) is 0 Å². The average molecular weight is 98.1 g/mol. The number of hydrogen-bond acceptors (Lipinski definition) is 3. The summed E-state index contributed by atoms with van der Waals surface area (Å²) in [6.45, 7) is 0. The van der Waals surface area contributed by atoms with E-state index in [0.717, 1.165) is 0 Å². The van der Waals surface area contributed by atoms with Gasteiger partial charge in [-0.15, -0.1) is 0 Å². The van der Waals surface area contributed by atoms with Gasteiger partial charge in [0.1, 0.15) is 6.33 Å². The Morgan fingerprint density at radius 2 is 2.57 bits per heavy atom. The minimum absolute atomic E-state index is 1.54. The molecule has 4 heteroatoms. The molecule has 0 spiro atoms. The lowest BCUT2D eigenvalue weighted by Gasteiger charge is -1.93. The summed E-state index contributed by atoms with van der Waals surface area (Å²) in [6.07, 6.45) is 4.92. The molecule has 0 radical (unpaired) electrons. The number of hydrazine groups is 1. The summed E-state index contributed by atoms with van der Waals surface area (Å²) in [6, 6.07) is 0. The molecule has 0 aliphatic carbocycles. The second-order valence-corrected chi connectivity index (χ2v) is 1.10. The third-order valence-electron chi connectivity index (χ3n) is 0.653. The molecule has 0 aromatic carbocycles. The molecule has 1 aromatic rings. The molecule has 0 aliphatic heterocycles. The van der Waals surface area contributed by atoms with Crippen molar-refractivity contribution in [3.63, 3.8) is 0 Å². The Morgan fingerprint density at radius 1 is 1.71 bits per heavy atom. The van der Waals surface area contributed by atoms with E-state index in [0.29, 0.717) is 0 Å². The zero-order valence-corrected chi connectivity index (χ0v) is 3.70. The number of nitrogens with two attached hydrogens (primary N) is 1. The summed E-state index contributed by atoms with van der Waals surface area (Å²) in [5.41, 5.74) is 2.36. The second kappa shape index (κ2) is 1.61. The van der Waals surface area contributed by atoms with Crippen LogP contribution >= 0.6 is 0 Å². The monoisotopic (exact) mass is 98.1 g/mol. The zero-order valence-electron chi connectivity index (χ0n) is 3.70. The summed E-state index contributed by atoms with van der Waals surface area (Å²) < 4.78 is 1.54. The first-order chi connectivity index (χ1) is 3.43. The molecule has 0 fully saturated rings. The first kappa shape index (κ1) is 4.14. The van der Waals surface area contributed by atoms with Gasteiger partial charge < -0.3 is 0 Å². The van der Waals surface area contributed by atoms with E-state index in [1.807, 2.05) is 0 Å². The van der Waals surface area contributed by atoms with E-state index in [1.165, 1.54) is 0 Å². The number of nitrogens with zero attached hydrogens (tertiary/aromatic N) is 2. The van der Waals surface area contributed by atoms with Gasteiger partial charge in [-0.25, -0.2) is 15.5 Å². The molecule has 1 heterocycles. The Morgan fingerprint density at radius 3 is 2.86 bits per heavy atom. The fraction of sp³-hybridized carbons (Fsp3) is 0. The van der Waals surface area contributed by atoms with Crippen LogP contribution in [0.25, 0.3) is 0 Å². The van der Waals surface area contributed by atoms with Crippen molar-refractivity contribution in [1.29, 1.82) is 0 Å². The van der Waals surface area contributed by atoms with E-state index in [9.17, 15) is 0 Å². The molecule has 1 aromatic heterocycles. The summed E-state index contributed by atoms with van der Waals surface area (Å²) in [5, 5.41) is 0. The van der Waals surface area contributed by atoms with E-state index in [2.05, 4.69) is 10.5 Å². The van der Waals surface area contributed by atoms with E-state index in [1.54, 1.807) is 23.4 Å². The van der Waals surface area contributed by atoms with E-state index in [4.69, 9.17) is 5.84 Å². The molecule has 0 amide bonds. The normalized spacial score (nSPS) is 8.71. The smallest absolute Gasteiger partial charge is 0.115 e. The van der Waals surface area contributed by atoms with Gasteiger partial charge in [-0.05, 0) is 0 Å². The van der Waals surface area contributed by atoms with Gasteiger partial charge in [0, 0.05) is 12.4 Å². The number of nitrogen functional groups attached to an aromatic ring is 1. The van der Waals surface area contributed by atoms with Crippen LogP contribution in [-0.4, -0.2) is 9.66 Å². The molecule has 1 rings (SSSR count). The molecule has 4 nitrogen and oxygen atoms in total. The molecular formula is C3H6N4. The lowest BCUT2D eigenvalue weighted by Crippen LogP contribution is -2.19. The molecule has 0 aliphatic rings. The van der Waals surface area contributed by atoms with Gasteiger partial charge >= 0.3 is 0 Å². The maximum Gasteiger partial charge on any atom is 0.115 e. The van der Waals surface area contributed by atoms with Crippen LogP contribution in [0.3, 0.4) is 0 Å². The van der Waals surface area contributed by atoms with Crippen molar-refractivity contribution < 1.29 is 0 Å². The lowest BCUT2D eigenvalue weighted by atomic mass is 11.0. The lowest BCUT2D eigenvalue weighted by molar-refractivity contribution is 0.878. The third kappa shape index (κ3) is 0.690. The van der Waals surface area contributed by atoms with Crippen molar-refractivity contribution in [2.45, 2.75) is 0 Å². The van der Waals surface area contributed by atoms with Crippen LogP contribution in [0, 0.1) is 0 Å². The van der Waals surface area contributed by atoms with E-state index < -0.39 is 0 Å². The van der Waals surface area contributed by atoms with E-state index >= 15 is 0 Å². The number of rotatable bonds is 1. The van der Waals surface area contributed by atoms with Gasteiger partial charge in [0.15, 0.2) is 0 Å². The Kier molecular flexibility index (Phi) is 0.953. The zero-order chi connectivity index (χ0) is 5.11. The maximum absolute atomic E-state index is 4.97. The number of nitrogens with one attached hydrogen (secondary N) is 1. The molecule has 3 N–H and O–H groups in total. The standard InChI is InChI=1S/C3H6N4/c4-6-7-2-1-5-3-7/h1-3,6H,4H2. The number of hydrogen-bond donors (Lipinski definition) is 2. The molecule has 0 unspecified atom stereocenters. The molecule has 38 valence electrons. The first-order valence-electron chi connectivity index (χ1n) is 1.88. The third-order valence-corrected chi connectivity index (χ3v) is 0.653. The van der Waals surface area contributed by atoms with E-state index in [-0.39, 0.29) is 0 Å². The van der Waals surface area contributed by atoms with Crippen LogP contribution in [0.5, 0.6) is 0 Å². The van der Waals surface area contributed by atoms with Crippen molar-refractivity contribution in [2.75, 3.05) is 5.53 Å². The summed E-state index contributed by atoms with van der Waals surface area (Å²) in [7, 11) is 0. The van der Waals surface area contributed by atoms with Crippen LogP contribution in [0.15, 0.2) is 18.7 Å². The first-order valence-corrected chi connectivity index (χ1v) is 1.88. The van der Waals surface area contributed by atoms with Crippen LogP contribution in [0.1, 0.15) is 0 Å². The molecule has 0 atom stereocenters. The Balaban J connectivity index is 2.76. The van der Waals surface area contributed by atoms with Crippen molar-refractivity contribution in [3.05, 3.63) is 18.7 Å². The van der Waals surface area contributed by atoms with Crippen LogP contribution < -0.4 is 11.4 Å². The highest BCUT2D eigenvalue weighted by Crippen LogP contribution is 1.73. The topological polar surface area (TPSA) is 55.9 Å². The highest BCUT2D eigenvalue weighted by atomic mass is 15.6. The van der Waals surface area contributed by atoms with Crippen LogP contribution in [-0.2, 0) is 0 Å². The molecule has 0 saturated carbocycles. The molecule has 7 heavy (non-hydrogen) atoms. The molecular weight excluding hydrogens is 92.1 g/mol. The van der Waals surface area contributed by atoms with Gasteiger partial charge in [-0.1, -0.05) is 0 Å². The SMILES string of the molecule is NNn1ccnc1.